The molecule has 1 aliphatic heterocycles. The second kappa shape index (κ2) is 3.75. The van der Waals surface area contributed by atoms with Gasteiger partial charge in [0.15, 0.2) is 0 Å². The quantitative estimate of drug-likeness (QED) is 0.687. The Morgan fingerprint density at radius 3 is 2.17 bits per heavy atom. The first-order chi connectivity index (χ1) is 5.53. The fourth-order valence-corrected chi connectivity index (χ4v) is 1.64. The van der Waals surface area contributed by atoms with Gasteiger partial charge in [-0.15, -0.1) is 0 Å². The molecule has 72 valence electrons. The number of hydrogen-bond acceptors (Lipinski definition) is 2. The van der Waals surface area contributed by atoms with Gasteiger partial charge >= 0.3 is 0 Å². The van der Waals surface area contributed by atoms with Gasteiger partial charge in [0, 0.05) is 25.7 Å². The Kier molecular flexibility index (Phi) is 3.13. The molecule has 0 atom stereocenters. The van der Waals surface area contributed by atoms with E-state index in [-0.39, 0.29) is 0 Å². The maximum Gasteiger partial charge on any atom is 0.0345 e. The molecule has 0 aliphatic carbocycles. The lowest BCUT2D eigenvalue weighted by molar-refractivity contribution is 0.109. The third kappa shape index (κ3) is 2.76. The van der Waals surface area contributed by atoms with Crippen LogP contribution in [0.5, 0.6) is 0 Å². The molecule has 1 rings (SSSR count). The molecule has 1 heterocycles. The fraction of sp³-hybridized carbons (Fsp3) is 1.00. The van der Waals surface area contributed by atoms with Crippen molar-refractivity contribution in [1.29, 1.82) is 0 Å². The minimum atomic E-state index is 0.436. The minimum Gasteiger partial charge on any atom is -0.314 e. The Balaban J connectivity index is 2.34. The van der Waals surface area contributed by atoms with Gasteiger partial charge in [0.05, 0.1) is 0 Å². The van der Waals surface area contributed by atoms with Crippen LogP contribution in [0, 0.1) is 5.41 Å². The van der Waals surface area contributed by atoms with E-state index in [1.807, 2.05) is 0 Å². The molecule has 12 heavy (non-hydrogen) atoms. The van der Waals surface area contributed by atoms with Crippen molar-refractivity contribution in [1.82, 2.24) is 10.2 Å². The summed E-state index contributed by atoms with van der Waals surface area (Å²) in [5, 5.41) is 3.32. The van der Waals surface area contributed by atoms with Gasteiger partial charge in [-0.1, -0.05) is 27.7 Å². The first-order valence-corrected chi connectivity index (χ1v) is 4.97. The standard InChI is InChI=1S/C10H22N2/c1-5-12(8-10(2,3)4)9-6-11-7-9/h9,11H,5-8H2,1-4H3. The number of rotatable bonds is 3. The van der Waals surface area contributed by atoms with E-state index >= 15 is 0 Å². The fourth-order valence-electron chi connectivity index (χ4n) is 1.64. The minimum absolute atomic E-state index is 0.436. The lowest BCUT2D eigenvalue weighted by Gasteiger charge is -2.40. The van der Waals surface area contributed by atoms with Crippen molar-refractivity contribution in [2.24, 2.45) is 5.41 Å². The molecule has 2 nitrogen and oxygen atoms in total. The molecule has 0 aromatic carbocycles. The molecule has 0 radical (unpaired) electrons. The van der Waals surface area contributed by atoms with Crippen molar-refractivity contribution < 1.29 is 0 Å². The molecule has 1 aliphatic rings. The van der Waals surface area contributed by atoms with Crippen molar-refractivity contribution in [3.05, 3.63) is 0 Å². The number of hydrogen-bond donors (Lipinski definition) is 1. The second-order valence-electron chi connectivity index (χ2n) is 4.94. The summed E-state index contributed by atoms with van der Waals surface area (Å²) < 4.78 is 0. The SMILES string of the molecule is CCN(CC(C)(C)C)C1CNC1. The predicted molar refractivity (Wildman–Crippen MR) is 53.4 cm³/mol. The zero-order valence-corrected chi connectivity index (χ0v) is 8.85. The molecular formula is C10H22N2. The van der Waals surface area contributed by atoms with E-state index in [4.69, 9.17) is 0 Å². The van der Waals surface area contributed by atoms with Gasteiger partial charge in [0.2, 0.25) is 0 Å². The molecule has 0 saturated carbocycles. The third-order valence-corrected chi connectivity index (χ3v) is 2.36. The summed E-state index contributed by atoms with van der Waals surface area (Å²) in [5.74, 6) is 0. The summed E-state index contributed by atoms with van der Waals surface area (Å²) in [6.45, 7) is 13.9. The van der Waals surface area contributed by atoms with E-state index in [1.54, 1.807) is 0 Å². The molecule has 2 heteroatoms. The lowest BCUT2D eigenvalue weighted by Crippen LogP contribution is -2.58. The van der Waals surface area contributed by atoms with Gasteiger partial charge < -0.3 is 5.32 Å². The highest BCUT2D eigenvalue weighted by Gasteiger charge is 2.26. The van der Waals surface area contributed by atoms with Gasteiger partial charge in [0.1, 0.15) is 0 Å². The van der Waals surface area contributed by atoms with Gasteiger partial charge in [-0.2, -0.15) is 0 Å². The van der Waals surface area contributed by atoms with Crippen molar-refractivity contribution >= 4 is 0 Å². The molecule has 1 fully saturated rings. The summed E-state index contributed by atoms with van der Waals surface area (Å²) in [7, 11) is 0. The van der Waals surface area contributed by atoms with Crippen molar-refractivity contribution in [3.8, 4) is 0 Å². The van der Waals surface area contributed by atoms with Crippen LogP contribution in [-0.4, -0.2) is 37.1 Å². The van der Waals surface area contributed by atoms with Crippen LogP contribution in [0.15, 0.2) is 0 Å². The van der Waals surface area contributed by atoms with Crippen LogP contribution in [0.1, 0.15) is 27.7 Å². The Hall–Kier alpha value is -0.0800. The number of nitrogens with one attached hydrogen (secondary N) is 1. The third-order valence-electron chi connectivity index (χ3n) is 2.36. The normalized spacial score (nSPS) is 19.8. The average molecular weight is 170 g/mol. The molecule has 0 amide bonds. The molecule has 0 aromatic heterocycles. The first kappa shape index (κ1) is 10.0. The molecule has 0 bridgehead atoms. The monoisotopic (exact) mass is 170 g/mol. The summed E-state index contributed by atoms with van der Waals surface area (Å²) in [6, 6.07) is 0.800. The maximum absolute atomic E-state index is 3.32. The Morgan fingerprint density at radius 2 is 1.92 bits per heavy atom. The Bertz CT molecular complexity index is 133. The largest absolute Gasteiger partial charge is 0.314 e. The molecule has 0 unspecified atom stereocenters. The zero-order valence-electron chi connectivity index (χ0n) is 8.85. The van der Waals surface area contributed by atoms with Crippen LogP contribution in [0.2, 0.25) is 0 Å². The van der Waals surface area contributed by atoms with E-state index in [9.17, 15) is 0 Å². The summed E-state index contributed by atoms with van der Waals surface area (Å²) >= 11 is 0. The second-order valence-corrected chi connectivity index (χ2v) is 4.94. The van der Waals surface area contributed by atoms with Crippen LogP contribution in [0.25, 0.3) is 0 Å². The van der Waals surface area contributed by atoms with Crippen LogP contribution in [0.4, 0.5) is 0 Å². The summed E-state index contributed by atoms with van der Waals surface area (Å²) in [5.41, 5.74) is 0.436. The topological polar surface area (TPSA) is 15.3 Å². The van der Waals surface area contributed by atoms with E-state index in [0.717, 1.165) is 6.04 Å². The van der Waals surface area contributed by atoms with E-state index in [2.05, 4.69) is 37.9 Å². The van der Waals surface area contributed by atoms with Crippen LogP contribution < -0.4 is 5.32 Å². The lowest BCUT2D eigenvalue weighted by atomic mass is 9.94. The highest BCUT2D eigenvalue weighted by Crippen LogP contribution is 2.17. The molecule has 1 saturated heterocycles. The van der Waals surface area contributed by atoms with Gasteiger partial charge in [-0.3, -0.25) is 4.90 Å². The number of likely N-dealkylation sites (N-methyl/N-ethyl adjacent to an activating group) is 1. The Morgan fingerprint density at radius 1 is 1.33 bits per heavy atom. The van der Waals surface area contributed by atoms with Gasteiger partial charge in [0.25, 0.3) is 0 Å². The highest BCUT2D eigenvalue weighted by atomic mass is 15.2. The van der Waals surface area contributed by atoms with E-state index in [1.165, 1.54) is 26.2 Å². The molecule has 0 aromatic rings. The summed E-state index contributed by atoms with van der Waals surface area (Å²) in [4.78, 5) is 2.58. The maximum atomic E-state index is 3.32. The predicted octanol–water partition coefficient (Wildman–Crippen LogP) is 1.33. The molecular weight excluding hydrogens is 148 g/mol. The smallest absolute Gasteiger partial charge is 0.0345 e. The van der Waals surface area contributed by atoms with E-state index in [0.29, 0.717) is 5.41 Å². The van der Waals surface area contributed by atoms with Crippen molar-refractivity contribution in [3.63, 3.8) is 0 Å². The average Bonchev–Trinajstić information content (AvgIpc) is 1.79. The van der Waals surface area contributed by atoms with Gasteiger partial charge in [-0.05, 0) is 12.0 Å². The van der Waals surface area contributed by atoms with Gasteiger partial charge in [-0.25, -0.2) is 0 Å². The number of nitrogens with zero attached hydrogens (tertiary/aromatic N) is 1. The van der Waals surface area contributed by atoms with Crippen molar-refractivity contribution in [2.45, 2.75) is 33.7 Å². The Labute approximate surface area is 76.3 Å². The first-order valence-electron chi connectivity index (χ1n) is 4.97. The molecule has 1 N–H and O–H groups in total. The van der Waals surface area contributed by atoms with Crippen LogP contribution in [-0.2, 0) is 0 Å². The summed E-state index contributed by atoms with van der Waals surface area (Å²) in [6.07, 6.45) is 0. The van der Waals surface area contributed by atoms with Crippen LogP contribution in [0.3, 0.4) is 0 Å². The van der Waals surface area contributed by atoms with Crippen LogP contribution >= 0.6 is 0 Å². The molecule has 0 spiro atoms. The van der Waals surface area contributed by atoms with E-state index < -0.39 is 0 Å². The van der Waals surface area contributed by atoms with Crippen molar-refractivity contribution in [2.75, 3.05) is 26.2 Å². The zero-order chi connectivity index (χ0) is 9.19. The highest BCUT2D eigenvalue weighted by molar-refractivity contribution is 4.85.